The largest absolute Gasteiger partial charge is 0.497 e. The number of piperidine rings is 1. The Morgan fingerprint density at radius 2 is 1.94 bits per heavy atom. The second kappa shape index (κ2) is 9.21. The van der Waals surface area contributed by atoms with E-state index in [0.29, 0.717) is 12.8 Å². The first-order chi connectivity index (χ1) is 15.0. The predicted molar refractivity (Wildman–Crippen MR) is 121 cm³/mol. The molecule has 4 rings (SSSR count). The molecule has 3 heterocycles. The number of rotatable bonds is 7. The predicted octanol–water partition coefficient (Wildman–Crippen LogP) is 3.02. The quantitative estimate of drug-likeness (QED) is 0.607. The Labute approximate surface area is 185 Å². The SMILES string of the molecule is COc1ccc(CN2CCC(O)(Cn3nc(-c4cccs4)ccc3=O)CC2)c(OC)c1. The lowest BCUT2D eigenvalue weighted by Crippen LogP contribution is -2.48. The maximum absolute atomic E-state index is 12.3. The minimum Gasteiger partial charge on any atom is -0.497 e. The van der Waals surface area contributed by atoms with Gasteiger partial charge in [-0.15, -0.1) is 11.3 Å². The van der Waals surface area contributed by atoms with Crippen LogP contribution in [0.4, 0.5) is 0 Å². The lowest BCUT2D eigenvalue weighted by molar-refractivity contribution is -0.0390. The maximum atomic E-state index is 12.3. The zero-order valence-corrected chi connectivity index (χ0v) is 18.6. The van der Waals surface area contributed by atoms with Crippen LogP contribution in [-0.4, -0.2) is 52.7 Å². The summed E-state index contributed by atoms with van der Waals surface area (Å²) < 4.78 is 12.2. The highest BCUT2D eigenvalue weighted by atomic mass is 32.1. The smallest absolute Gasteiger partial charge is 0.266 e. The number of aromatic nitrogens is 2. The first kappa shape index (κ1) is 21.5. The second-order valence-corrected chi connectivity index (χ2v) is 8.82. The van der Waals surface area contributed by atoms with Crippen molar-refractivity contribution in [3.05, 3.63) is 63.8 Å². The molecule has 1 fully saturated rings. The van der Waals surface area contributed by atoms with E-state index >= 15 is 0 Å². The normalized spacial score (nSPS) is 16.2. The molecule has 0 bridgehead atoms. The van der Waals surface area contributed by atoms with Crippen LogP contribution >= 0.6 is 11.3 Å². The van der Waals surface area contributed by atoms with Crippen LogP contribution in [0.1, 0.15) is 18.4 Å². The molecule has 0 saturated carbocycles. The Kier molecular flexibility index (Phi) is 6.41. The van der Waals surface area contributed by atoms with Gasteiger partial charge in [0.05, 0.1) is 31.2 Å². The van der Waals surface area contributed by atoms with Gasteiger partial charge in [0.1, 0.15) is 17.2 Å². The van der Waals surface area contributed by atoms with Crippen molar-refractivity contribution in [3.8, 4) is 22.1 Å². The second-order valence-electron chi connectivity index (χ2n) is 7.87. The maximum Gasteiger partial charge on any atom is 0.266 e. The molecule has 1 aliphatic heterocycles. The van der Waals surface area contributed by atoms with Gasteiger partial charge in [0.2, 0.25) is 0 Å². The summed E-state index contributed by atoms with van der Waals surface area (Å²) in [5, 5.41) is 17.6. The Hall–Kier alpha value is -2.68. The summed E-state index contributed by atoms with van der Waals surface area (Å²) in [5.74, 6) is 1.55. The summed E-state index contributed by atoms with van der Waals surface area (Å²) in [6.45, 7) is 2.39. The fraction of sp³-hybridized carbons (Fsp3) is 0.391. The molecule has 1 N–H and O–H groups in total. The van der Waals surface area contributed by atoms with Gasteiger partial charge in [-0.1, -0.05) is 12.1 Å². The number of ether oxygens (including phenoxy) is 2. The summed E-state index contributed by atoms with van der Waals surface area (Å²) in [5.41, 5.74) is 0.683. The summed E-state index contributed by atoms with van der Waals surface area (Å²) in [6, 6.07) is 13.0. The fourth-order valence-electron chi connectivity index (χ4n) is 3.91. The fourth-order valence-corrected chi connectivity index (χ4v) is 4.60. The van der Waals surface area contributed by atoms with Gasteiger partial charge in [-0.05, 0) is 36.4 Å². The van der Waals surface area contributed by atoms with Crippen molar-refractivity contribution >= 4 is 11.3 Å². The highest BCUT2D eigenvalue weighted by molar-refractivity contribution is 7.13. The summed E-state index contributed by atoms with van der Waals surface area (Å²) in [4.78, 5) is 15.6. The molecule has 0 atom stereocenters. The van der Waals surface area contributed by atoms with Gasteiger partial charge in [0.15, 0.2) is 0 Å². The van der Waals surface area contributed by atoms with Crippen molar-refractivity contribution in [1.29, 1.82) is 0 Å². The van der Waals surface area contributed by atoms with Gasteiger partial charge in [-0.25, -0.2) is 4.68 Å². The summed E-state index contributed by atoms with van der Waals surface area (Å²) >= 11 is 1.58. The van der Waals surface area contributed by atoms with Crippen molar-refractivity contribution in [2.24, 2.45) is 0 Å². The molecule has 0 radical (unpaired) electrons. The molecular weight excluding hydrogens is 414 g/mol. The van der Waals surface area contributed by atoms with Crippen LogP contribution in [0.25, 0.3) is 10.6 Å². The van der Waals surface area contributed by atoms with Crippen LogP contribution in [0.15, 0.2) is 52.6 Å². The molecule has 164 valence electrons. The molecule has 0 aliphatic carbocycles. The van der Waals surface area contributed by atoms with Crippen LogP contribution < -0.4 is 15.0 Å². The van der Waals surface area contributed by atoms with Crippen molar-refractivity contribution in [3.63, 3.8) is 0 Å². The van der Waals surface area contributed by atoms with E-state index in [1.54, 1.807) is 31.6 Å². The van der Waals surface area contributed by atoms with Crippen LogP contribution in [0.5, 0.6) is 11.5 Å². The van der Waals surface area contributed by atoms with Gasteiger partial charge in [-0.2, -0.15) is 5.10 Å². The molecular formula is C23H27N3O4S. The Bertz CT molecular complexity index is 1070. The van der Waals surface area contributed by atoms with E-state index in [4.69, 9.17) is 9.47 Å². The third kappa shape index (κ3) is 4.98. The summed E-state index contributed by atoms with van der Waals surface area (Å²) in [7, 11) is 3.29. The van der Waals surface area contributed by atoms with Crippen molar-refractivity contribution < 1.29 is 14.6 Å². The number of benzene rings is 1. The van der Waals surface area contributed by atoms with E-state index < -0.39 is 5.60 Å². The minimum atomic E-state index is -0.953. The van der Waals surface area contributed by atoms with Gasteiger partial charge >= 0.3 is 0 Å². The molecule has 7 nitrogen and oxygen atoms in total. The Balaban J connectivity index is 1.41. The highest BCUT2D eigenvalue weighted by Gasteiger charge is 2.33. The van der Waals surface area contributed by atoms with E-state index in [1.807, 2.05) is 35.7 Å². The number of nitrogens with zero attached hydrogens (tertiary/aromatic N) is 3. The zero-order chi connectivity index (χ0) is 21.8. The van der Waals surface area contributed by atoms with Crippen LogP contribution in [-0.2, 0) is 13.1 Å². The van der Waals surface area contributed by atoms with E-state index in [1.165, 1.54) is 10.7 Å². The number of thiophene rings is 1. The molecule has 2 aromatic heterocycles. The molecule has 8 heteroatoms. The molecule has 1 saturated heterocycles. The van der Waals surface area contributed by atoms with Crippen molar-refractivity contribution in [2.45, 2.75) is 31.5 Å². The van der Waals surface area contributed by atoms with E-state index in [2.05, 4.69) is 10.00 Å². The number of likely N-dealkylation sites (tertiary alicyclic amines) is 1. The Morgan fingerprint density at radius 3 is 2.61 bits per heavy atom. The lowest BCUT2D eigenvalue weighted by atomic mass is 9.91. The first-order valence-electron chi connectivity index (χ1n) is 10.3. The third-order valence-corrected chi connectivity index (χ3v) is 6.65. The molecule has 1 aromatic carbocycles. The average Bonchev–Trinajstić information content (AvgIpc) is 3.32. The molecule has 3 aromatic rings. The molecule has 31 heavy (non-hydrogen) atoms. The molecule has 0 spiro atoms. The molecule has 0 amide bonds. The van der Waals surface area contributed by atoms with Crippen LogP contribution in [0.2, 0.25) is 0 Å². The topological polar surface area (TPSA) is 76.8 Å². The van der Waals surface area contributed by atoms with Crippen LogP contribution in [0.3, 0.4) is 0 Å². The zero-order valence-electron chi connectivity index (χ0n) is 17.8. The number of aliphatic hydroxyl groups is 1. The number of methoxy groups -OCH3 is 2. The first-order valence-corrected chi connectivity index (χ1v) is 11.2. The monoisotopic (exact) mass is 441 g/mol. The Morgan fingerprint density at radius 1 is 1.13 bits per heavy atom. The van der Waals surface area contributed by atoms with Gasteiger partial charge in [0, 0.05) is 37.3 Å². The van der Waals surface area contributed by atoms with Gasteiger partial charge < -0.3 is 14.6 Å². The summed E-state index contributed by atoms with van der Waals surface area (Å²) in [6.07, 6.45) is 1.14. The van der Waals surface area contributed by atoms with Crippen molar-refractivity contribution in [2.75, 3.05) is 27.3 Å². The van der Waals surface area contributed by atoms with Gasteiger partial charge in [0.25, 0.3) is 5.56 Å². The third-order valence-electron chi connectivity index (χ3n) is 5.76. The van der Waals surface area contributed by atoms with Crippen LogP contribution in [0, 0.1) is 0 Å². The van der Waals surface area contributed by atoms with E-state index in [-0.39, 0.29) is 12.1 Å². The minimum absolute atomic E-state index is 0.195. The lowest BCUT2D eigenvalue weighted by Gasteiger charge is -2.38. The highest BCUT2D eigenvalue weighted by Crippen LogP contribution is 2.29. The van der Waals surface area contributed by atoms with Gasteiger partial charge in [-0.3, -0.25) is 9.69 Å². The molecule has 1 aliphatic rings. The number of hydrogen-bond donors (Lipinski definition) is 1. The van der Waals surface area contributed by atoms with E-state index in [9.17, 15) is 9.90 Å². The molecule has 0 unspecified atom stereocenters. The standard InChI is InChI=1S/C23H27N3O4S/c1-29-18-6-5-17(20(14-18)30-2)15-25-11-9-23(28,10-12-25)16-26-22(27)8-7-19(24-26)21-4-3-13-31-21/h3-8,13-14,28H,9-12,15-16H2,1-2H3. The van der Waals surface area contributed by atoms with Crippen molar-refractivity contribution in [1.82, 2.24) is 14.7 Å². The average molecular weight is 442 g/mol. The number of hydrogen-bond acceptors (Lipinski definition) is 7. The van der Waals surface area contributed by atoms with E-state index in [0.717, 1.165) is 47.3 Å².